The van der Waals surface area contributed by atoms with Crippen molar-refractivity contribution in [3.63, 3.8) is 0 Å². The minimum atomic E-state index is -3.26. The zero-order valence-corrected chi connectivity index (χ0v) is 17.9. The summed E-state index contributed by atoms with van der Waals surface area (Å²) in [4.78, 5) is 7.26. The van der Waals surface area contributed by atoms with Crippen molar-refractivity contribution in [1.29, 1.82) is 0 Å². The predicted molar refractivity (Wildman–Crippen MR) is 112 cm³/mol. The number of aliphatic imine (C=N–C) groups is 1. The van der Waals surface area contributed by atoms with Crippen LogP contribution in [-0.4, -0.2) is 51.2 Å². The molecule has 1 aliphatic heterocycles. The Balaban J connectivity index is 0.00000225. The van der Waals surface area contributed by atoms with Gasteiger partial charge in [0, 0.05) is 19.6 Å². The molecule has 5 nitrogen and oxygen atoms in total. The normalized spacial score (nSPS) is 19.4. The SMILES string of the molecule is CCNC(=NCCS(=O)(=O)c1ccccc1)N1CCC2(CCC2)C1.I. The number of nitrogens with zero attached hydrogens (tertiary/aromatic N) is 2. The maximum absolute atomic E-state index is 12.3. The van der Waals surface area contributed by atoms with Crippen molar-refractivity contribution in [2.75, 3.05) is 31.9 Å². The molecule has 7 heteroatoms. The van der Waals surface area contributed by atoms with E-state index in [4.69, 9.17) is 0 Å². The number of halogens is 1. The highest BCUT2D eigenvalue weighted by molar-refractivity contribution is 14.0. The lowest BCUT2D eigenvalue weighted by molar-refractivity contribution is 0.151. The standard InChI is InChI=1S/C18H27N3O2S.HI/c1-2-19-17(21-13-11-18(15-21)9-6-10-18)20-12-14-24(22,23)16-7-4-3-5-8-16;/h3-5,7-8H,2,6,9-15H2,1H3,(H,19,20);1H. The van der Waals surface area contributed by atoms with Crippen LogP contribution in [0.1, 0.15) is 32.6 Å². The Kier molecular flexibility index (Phi) is 7.13. The van der Waals surface area contributed by atoms with E-state index in [1.54, 1.807) is 24.3 Å². The summed E-state index contributed by atoms with van der Waals surface area (Å²) in [6.45, 7) is 5.23. The van der Waals surface area contributed by atoms with Gasteiger partial charge in [-0.3, -0.25) is 4.99 Å². The first-order chi connectivity index (χ1) is 11.5. The molecule has 0 radical (unpaired) electrons. The molecule has 0 atom stereocenters. The third-order valence-corrected chi connectivity index (χ3v) is 6.92. The highest BCUT2D eigenvalue weighted by atomic mass is 127. The molecule has 1 spiro atoms. The Bertz CT molecular complexity index is 688. The van der Waals surface area contributed by atoms with Gasteiger partial charge in [0.15, 0.2) is 15.8 Å². The second-order valence-electron chi connectivity index (χ2n) is 6.89. The van der Waals surface area contributed by atoms with E-state index in [-0.39, 0.29) is 29.7 Å². The van der Waals surface area contributed by atoms with Gasteiger partial charge in [-0.25, -0.2) is 8.42 Å². The quantitative estimate of drug-likeness (QED) is 0.403. The highest BCUT2D eigenvalue weighted by Gasteiger charge is 2.43. The van der Waals surface area contributed by atoms with Crippen LogP contribution in [0.25, 0.3) is 0 Å². The number of nitrogens with one attached hydrogen (secondary N) is 1. The van der Waals surface area contributed by atoms with Crippen molar-refractivity contribution in [3.05, 3.63) is 30.3 Å². The van der Waals surface area contributed by atoms with Crippen LogP contribution >= 0.6 is 24.0 Å². The molecule has 0 unspecified atom stereocenters. The van der Waals surface area contributed by atoms with E-state index >= 15 is 0 Å². The molecular weight excluding hydrogens is 449 g/mol. The third-order valence-electron chi connectivity index (χ3n) is 5.21. The molecule has 0 amide bonds. The summed E-state index contributed by atoms with van der Waals surface area (Å²) >= 11 is 0. The van der Waals surface area contributed by atoms with E-state index < -0.39 is 9.84 Å². The summed E-state index contributed by atoms with van der Waals surface area (Å²) in [5, 5.41) is 3.32. The topological polar surface area (TPSA) is 61.8 Å². The van der Waals surface area contributed by atoms with Gasteiger partial charge in [-0.1, -0.05) is 24.6 Å². The molecular formula is C18H28IN3O2S. The van der Waals surface area contributed by atoms with E-state index in [1.807, 2.05) is 13.0 Å². The van der Waals surface area contributed by atoms with Crippen molar-refractivity contribution in [1.82, 2.24) is 10.2 Å². The number of sulfone groups is 1. The van der Waals surface area contributed by atoms with Gasteiger partial charge < -0.3 is 10.2 Å². The highest BCUT2D eigenvalue weighted by Crippen LogP contribution is 2.47. The molecule has 1 N–H and O–H groups in total. The number of benzene rings is 1. The van der Waals surface area contributed by atoms with E-state index in [2.05, 4.69) is 15.2 Å². The Labute approximate surface area is 168 Å². The molecule has 1 aromatic carbocycles. The maximum atomic E-state index is 12.3. The van der Waals surface area contributed by atoms with Crippen LogP contribution in [0.3, 0.4) is 0 Å². The summed E-state index contributed by atoms with van der Waals surface area (Å²) in [6, 6.07) is 8.62. The number of likely N-dealkylation sites (tertiary alicyclic amines) is 1. The summed E-state index contributed by atoms with van der Waals surface area (Å²) < 4.78 is 24.7. The summed E-state index contributed by atoms with van der Waals surface area (Å²) in [7, 11) is -3.26. The first kappa shape index (κ1) is 20.5. The zero-order valence-electron chi connectivity index (χ0n) is 14.8. The fourth-order valence-electron chi connectivity index (χ4n) is 3.64. The molecule has 2 fully saturated rings. The molecule has 25 heavy (non-hydrogen) atoms. The van der Waals surface area contributed by atoms with Crippen LogP contribution in [0.5, 0.6) is 0 Å². The number of hydrogen-bond acceptors (Lipinski definition) is 3. The van der Waals surface area contributed by atoms with Crippen molar-refractivity contribution < 1.29 is 8.42 Å². The van der Waals surface area contributed by atoms with Gasteiger partial charge in [0.1, 0.15) is 0 Å². The summed E-state index contributed by atoms with van der Waals surface area (Å²) in [5.74, 6) is 0.912. The second kappa shape index (κ2) is 8.70. The minimum absolute atomic E-state index is 0. The molecule has 1 saturated carbocycles. The average Bonchev–Trinajstić information content (AvgIpc) is 3.01. The molecule has 1 aromatic rings. The van der Waals surface area contributed by atoms with Crippen LogP contribution in [-0.2, 0) is 9.84 Å². The van der Waals surface area contributed by atoms with Crippen LogP contribution in [0, 0.1) is 5.41 Å². The summed E-state index contributed by atoms with van der Waals surface area (Å²) in [5.41, 5.74) is 0.506. The molecule has 1 heterocycles. The van der Waals surface area contributed by atoms with Gasteiger partial charge in [0.25, 0.3) is 0 Å². The second-order valence-corrected chi connectivity index (χ2v) is 9.00. The Hall–Kier alpha value is -0.830. The number of hydrogen-bond donors (Lipinski definition) is 1. The molecule has 1 aliphatic carbocycles. The van der Waals surface area contributed by atoms with Gasteiger partial charge in [-0.05, 0) is 43.7 Å². The van der Waals surface area contributed by atoms with Crippen molar-refractivity contribution >= 4 is 39.8 Å². The Morgan fingerprint density at radius 1 is 1.24 bits per heavy atom. The number of guanidine groups is 1. The first-order valence-corrected chi connectivity index (χ1v) is 10.5. The van der Waals surface area contributed by atoms with E-state index in [0.717, 1.165) is 25.6 Å². The molecule has 1 saturated heterocycles. The lowest BCUT2D eigenvalue weighted by Crippen LogP contribution is -2.42. The average molecular weight is 477 g/mol. The third kappa shape index (κ3) is 4.87. The molecule has 0 aromatic heterocycles. The van der Waals surface area contributed by atoms with Crippen LogP contribution in [0.15, 0.2) is 40.2 Å². The van der Waals surface area contributed by atoms with E-state index in [1.165, 1.54) is 25.7 Å². The first-order valence-electron chi connectivity index (χ1n) is 8.86. The molecule has 2 aliphatic rings. The lowest BCUT2D eigenvalue weighted by atomic mass is 9.68. The van der Waals surface area contributed by atoms with Crippen molar-refractivity contribution in [2.24, 2.45) is 10.4 Å². The van der Waals surface area contributed by atoms with Crippen LogP contribution in [0.4, 0.5) is 0 Å². The zero-order chi connectivity index (χ0) is 17.0. The Morgan fingerprint density at radius 2 is 1.96 bits per heavy atom. The molecule has 3 rings (SSSR count). The fourth-order valence-corrected chi connectivity index (χ4v) is 4.78. The monoisotopic (exact) mass is 477 g/mol. The van der Waals surface area contributed by atoms with Gasteiger partial charge in [-0.15, -0.1) is 24.0 Å². The van der Waals surface area contributed by atoms with Gasteiger partial charge in [0.2, 0.25) is 0 Å². The molecule has 0 bridgehead atoms. The van der Waals surface area contributed by atoms with Gasteiger partial charge in [-0.2, -0.15) is 0 Å². The van der Waals surface area contributed by atoms with Gasteiger partial charge in [0.05, 0.1) is 17.2 Å². The minimum Gasteiger partial charge on any atom is -0.357 e. The number of rotatable bonds is 5. The fraction of sp³-hybridized carbons (Fsp3) is 0.611. The van der Waals surface area contributed by atoms with Gasteiger partial charge >= 0.3 is 0 Å². The lowest BCUT2D eigenvalue weighted by Gasteiger charge is -2.38. The summed E-state index contributed by atoms with van der Waals surface area (Å²) in [6.07, 6.45) is 5.23. The largest absolute Gasteiger partial charge is 0.357 e. The van der Waals surface area contributed by atoms with E-state index in [9.17, 15) is 8.42 Å². The predicted octanol–water partition coefficient (Wildman–Crippen LogP) is 2.92. The van der Waals surface area contributed by atoms with Crippen molar-refractivity contribution in [3.8, 4) is 0 Å². The maximum Gasteiger partial charge on any atom is 0.193 e. The van der Waals surface area contributed by atoms with Crippen LogP contribution in [0.2, 0.25) is 0 Å². The van der Waals surface area contributed by atoms with Crippen LogP contribution < -0.4 is 5.32 Å². The van der Waals surface area contributed by atoms with Crippen molar-refractivity contribution in [2.45, 2.75) is 37.5 Å². The smallest absolute Gasteiger partial charge is 0.193 e. The Morgan fingerprint density at radius 3 is 2.52 bits per heavy atom. The van der Waals surface area contributed by atoms with E-state index in [0.29, 0.717) is 16.9 Å². The molecule has 140 valence electrons.